The molecule has 0 saturated carbocycles. The summed E-state index contributed by atoms with van der Waals surface area (Å²) < 4.78 is 0. The van der Waals surface area contributed by atoms with Crippen molar-refractivity contribution in [1.29, 1.82) is 0 Å². The van der Waals surface area contributed by atoms with Gasteiger partial charge in [0.2, 0.25) is 0 Å². The van der Waals surface area contributed by atoms with Gasteiger partial charge in [-0.05, 0) is 19.4 Å². The molecule has 2 nitrogen and oxygen atoms in total. The Balaban J connectivity index is 2.47. The molecule has 0 amide bonds. The number of nitrogens with one attached hydrogen (secondary N) is 1. The molecule has 1 aromatic rings. The quantitative estimate of drug-likeness (QED) is 0.533. The fourth-order valence-corrected chi connectivity index (χ4v) is 0.800. The van der Waals surface area contributed by atoms with Gasteiger partial charge in [-0.1, -0.05) is 30.3 Å². The molecule has 1 rings (SSSR count). The largest absolute Gasteiger partial charge is 0.308 e. The SMILES string of the molecule is CC(C)N/N=C/c1ccccc1. The second kappa shape index (κ2) is 4.54. The van der Waals surface area contributed by atoms with E-state index in [0.29, 0.717) is 6.04 Å². The number of hydrogen-bond donors (Lipinski definition) is 1. The first-order valence-corrected chi connectivity index (χ1v) is 4.12. The number of rotatable bonds is 3. The van der Waals surface area contributed by atoms with Crippen LogP contribution >= 0.6 is 0 Å². The van der Waals surface area contributed by atoms with Gasteiger partial charge in [0.1, 0.15) is 0 Å². The van der Waals surface area contributed by atoms with Crippen molar-refractivity contribution in [2.45, 2.75) is 19.9 Å². The first-order valence-electron chi connectivity index (χ1n) is 4.12. The minimum Gasteiger partial charge on any atom is -0.308 e. The highest BCUT2D eigenvalue weighted by Crippen LogP contribution is 1.93. The van der Waals surface area contributed by atoms with Gasteiger partial charge in [0.25, 0.3) is 0 Å². The van der Waals surface area contributed by atoms with Crippen LogP contribution in [0.1, 0.15) is 19.4 Å². The number of hydrazone groups is 1. The van der Waals surface area contributed by atoms with Crippen LogP contribution < -0.4 is 5.43 Å². The van der Waals surface area contributed by atoms with Crippen molar-refractivity contribution in [3.63, 3.8) is 0 Å². The summed E-state index contributed by atoms with van der Waals surface area (Å²) in [5.74, 6) is 0. The number of nitrogens with zero attached hydrogens (tertiary/aromatic N) is 1. The summed E-state index contributed by atoms with van der Waals surface area (Å²) >= 11 is 0. The zero-order valence-electron chi connectivity index (χ0n) is 7.49. The molecule has 0 heterocycles. The Morgan fingerprint density at radius 1 is 1.25 bits per heavy atom. The molecule has 0 aromatic heterocycles. The summed E-state index contributed by atoms with van der Waals surface area (Å²) in [7, 11) is 0. The summed E-state index contributed by atoms with van der Waals surface area (Å²) in [5.41, 5.74) is 4.08. The van der Waals surface area contributed by atoms with Crippen LogP contribution in [0.3, 0.4) is 0 Å². The molecule has 1 N–H and O–H groups in total. The third kappa shape index (κ3) is 3.19. The molecule has 1 aromatic carbocycles. The first kappa shape index (κ1) is 8.78. The van der Waals surface area contributed by atoms with Crippen molar-refractivity contribution >= 4 is 6.21 Å². The molecule has 0 unspecified atom stereocenters. The van der Waals surface area contributed by atoms with E-state index in [2.05, 4.69) is 24.4 Å². The van der Waals surface area contributed by atoms with Crippen LogP contribution in [0.15, 0.2) is 35.4 Å². The Morgan fingerprint density at radius 2 is 1.92 bits per heavy atom. The molecule has 0 spiro atoms. The van der Waals surface area contributed by atoms with Gasteiger partial charge >= 0.3 is 0 Å². The molecule has 0 radical (unpaired) electrons. The minimum atomic E-state index is 0.393. The van der Waals surface area contributed by atoms with Gasteiger partial charge in [-0.2, -0.15) is 5.10 Å². The van der Waals surface area contributed by atoms with Gasteiger partial charge in [-0.25, -0.2) is 0 Å². The van der Waals surface area contributed by atoms with Crippen LogP contribution in [-0.2, 0) is 0 Å². The van der Waals surface area contributed by atoms with E-state index in [1.165, 1.54) is 0 Å². The maximum atomic E-state index is 4.07. The van der Waals surface area contributed by atoms with Crippen LogP contribution in [0, 0.1) is 0 Å². The molecule has 64 valence electrons. The predicted octanol–water partition coefficient (Wildman–Crippen LogP) is 2.02. The third-order valence-electron chi connectivity index (χ3n) is 1.35. The van der Waals surface area contributed by atoms with Gasteiger partial charge in [0.15, 0.2) is 0 Å². The zero-order chi connectivity index (χ0) is 8.81. The van der Waals surface area contributed by atoms with Crippen LogP contribution in [0.5, 0.6) is 0 Å². The predicted molar refractivity (Wildman–Crippen MR) is 52.3 cm³/mol. The van der Waals surface area contributed by atoms with Crippen molar-refractivity contribution in [2.24, 2.45) is 5.10 Å². The Bertz CT molecular complexity index is 239. The summed E-state index contributed by atoms with van der Waals surface area (Å²) in [6.45, 7) is 4.12. The molecule has 0 aliphatic rings. The van der Waals surface area contributed by atoms with Gasteiger partial charge in [-0.15, -0.1) is 0 Å². The van der Waals surface area contributed by atoms with E-state index < -0.39 is 0 Å². The van der Waals surface area contributed by atoms with Crippen LogP contribution in [-0.4, -0.2) is 12.3 Å². The Kier molecular flexibility index (Phi) is 3.33. The van der Waals surface area contributed by atoms with E-state index in [4.69, 9.17) is 0 Å². The Labute approximate surface area is 73.3 Å². The maximum absolute atomic E-state index is 4.07. The van der Waals surface area contributed by atoms with Gasteiger partial charge in [0, 0.05) is 6.04 Å². The molecule has 0 aliphatic carbocycles. The Morgan fingerprint density at radius 3 is 2.50 bits per heavy atom. The number of benzene rings is 1. The molecule has 0 atom stereocenters. The van der Waals surface area contributed by atoms with Crippen LogP contribution in [0.4, 0.5) is 0 Å². The lowest BCUT2D eigenvalue weighted by Gasteiger charge is -2.01. The summed E-state index contributed by atoms with van der Waals surface area (Å²) in [6, 6.07) is 10.4. The standard InChI is InChI=1S/C10H14N2/c1-9(2)12-11-8-10-6-4-3-5-7-10/h3-9,12H,1-2H3/b11-8+. The fourth-order valence-electron chi connectivity index (χ4n) is 0.800. The average molecular weight is 162 g/mol. The van der Waals surface area contributed by atoms with E-state index in [1.54, 1.807) is 0 Å². The van der Waals surface area contributed by atoms with Crippen molar-refractivity contribution < 1.29 is 0 Å². The lowest BCUT2D eigenvalue weighted by molar-refractivity contribution is 0.623. The van der Waals surface area contributed by atoms with Crippen LogP contribution in [0.25, 0.3) is 0 Å². The van der Waals surface area contributed by atoms with E-state index in [9.17, 15) is 0 Å². The maximum Gasteiger partial charge on any atom is 0.0540 e. The second-order valence-corrected chi connectivity index (χ2v) is 2.95. The normalized spacial score (nSPS) is 10.9. The highest BCUT2D eigenvalue weighted by Gasteiger charge is 1.85. The molecular formula is C10H14N2. The molecular weight excluding hydrogens is 148 g/mol. The van der Waals surface area contributed by atoms with Crippen molar-refractivity contribution in [2.75, 3.05) is 0 Å². The van der Waals surface area contributed by atoms with Crippen molar-refractivity contribution in [1.82, 2.24) is 5.43 Å². The minimum absolute atomic E-state index is 0.393. The van der Waals surface area contributed by atoms with Crippen molar-refractivity contribution in [3.05, 3.63) is 35.9 Å². The van der Waals surface area contributed by atoms with E-state index in [-0.39, 0.29) is 0 Å². The highest BCUT2D eigenvalue weighted by atomic mass is 15.3. The second-order valence-electron chi connectivity index (χ2n) is 2.95. The van der Waals surface area contributed by atoms with Gasteiger partial charge < -0.3 is 5.43 Å². The summed E-state index contributed by atoms with van der Waals surface area (Å²) in [5, 5.41) is 4.07. The topological polar surface area (TPSA) is 24.4 Å². The van der Waals surface area contributed by atoms with E-state index in [0.717, 1.165) is 5.56 Å². The third-order valence-corrected chi connectivity index (χ3v) is 1.35. The molecule has 12 heavy (non-hydrogen) atoms. The zero-order valence-corrected chi connectivity index (χ0v) is 7.49. The fraction of sp³-hybridized carbons (Fsp3) is 0.300. The smallest absolute Gasteiger partial charge is 0.0540 e. The van der Waals surface area contributed by atoms with E-state index in [1.807, 2.05) is 36.5 Å². The molecule has 0 aliphatic heterocycles. The van der Waals surface area contributed by atoms with Gasteiger partial charge in [-0.3, -0.25) is 0 Å². The van der Waals surface area contributed by atoms with Crippen molar-refractivity contribution in [3.8, 4) is 0 Å². The first-order chi connectivity index (χ1) is 5.79. The lowest BCUT2D eigenvalue weighted by atomic mass is 10.2. The Hall–Kier alpha value is -1.31. The summed E-state index contributed by atoms with van der Waals surface area (Å²) in [4.78, 5) is 0. The summed E-state index contributed by atoms with van der Waals surface area (Å²) in [6.07, 6.45) is 1.82. The molecule has 0 saturated heterocycles. The molecule has 0 bridgehead atoms. The molecule has 0 fully saturated rings. The lowest BCUT2D eigenvalue weighted by Crippen LogP contribution is -2.15. The molecule has 2 heteroatoms. The van der Waals surface area contributed by atoms with Crippen LogP contribution in [0.2, 0.25) is 0 Å². The van der Waals surface area contributed by atoms with E-state index >= 15 is 0 Å². The van der Waals surface area contributed by atoms with Gasteiger partial charge in [0.05, 0.1) is 6.21 Å². The average Bonchev–Trinajstić information content (AvgIpc) is 2.05. The number of hydrogen-bond acceptors (Lipinski definition) is 2. The highest BCUT2D eigenvalue weighted by molar-refractivity contribution is 5.79. The monoisotopic (exact) mass is 162 g/mol.